The third-order valence-electron chi connectivity index (χ3n) is 4.62. The number of hydrogen-bond donors (Lipinski definition) is 1. The van der Waals surface area contributed by atoms with Crippen LogP contribution in [0, 0.1) is 5.92 Å². The fraction of sp³-hybridized carbons (Fsp3) is 1.00. The van der Waals surface area contributed by atoms with Crippen LogP contribution in [-0.2, 0) is 0 Å². The van der Waals surface area contributed by atoms with Crippen LogP contribution >= 0.6 is 0 Å². The SMILES string of the molecule is CCCCC(CC)CC(N)C(C)(C)N(CC)CC. The molecule has 0 saturated carbocycles. The van der Waals surface area contributed by atoms with Crippen LogP contribution in [-0.4, -0.2) is 29.6 Å². The quantitative estimate of drug-likeness (QED) is 0.639. The molecule has 0 aliphatic carbocycles. The molecule has 0 spiro atoms. The van der Waals surface area contributed by atoms with Gasteiger partial charge >= 0.3 is 0 Å². The smallest absolute Gasteiger partial charge is 0.0303 e. The van der Waals surface area contributed by atoms with Gasteiger partial charge in [0.2, 0.25) is 0 Å². The molecule has 0 aromatic heterocycles. The Morgan fingerprint density at radius 1 is 1.06 bits per heavy atom. The summed E-state index contributed by atoms with van der Waals surface area (Å²) in [6.45, 7) is 15.8. The Morgan fingerprint density at radius 3 is 2.00 bits per heavy atom. The normalized spacial score (nSPS) is 16.0. The number of hydrogen-bond acceptors (Lipinski definition) is 2. The third-order valence-corrected chi connectivity index (χ3v) is 4.62. The molecule has 2 nitrogen and oxygen atoms in total. The summed E-state index contributed by atoms with van der Waals surface area (Å²) in [5, 5.41) is 0. The summed E-state index contributed by atoms with van der Waals surface area (Å²) in [6, 6.07) is 0.277. The zero-order valence-electron chi connectivity index (χ0n) is 13.6. The highest BCUT2D eigenvalue weighted by atomic mass is 15.2. The van der Waals surface area contributed by atoms with Crippen LogP contribution in [0.25, 0.3) is 0 Å². The molecular weight excluding hydrogens is 220 g/mol. The fourth-order valence-corrected chi connectivity index (χ4v) is 2.90. The predicted octanol–water partition coefficient (Wildman–Crippen LogP) is 4.04. The van der Waals surface area contributed by atoms with Crippen LogP contribution < -0.4 is 5.73 Å². The number of rotatable bonds is 10. The van der Waals surface area contributed by atoms with Crippen LogP contribution in [0.5, 0.6) is 0 Å². The first-order valence-electron chi connectivity index (χ1n) is 7.94. The van der Waals surface area contributed by atoms with Gasteiger partial charge in [-0.25, -0.2) is 0 Å². The minimum Gasteiger partial charge on any atom is -0.326 e. The van der Waals surface area contributed by atoms with Crippen molar-refractivity contribution in [1.29, 1.82) is 0 Å². The monoisotopic (exact) mass is 256 g/mol. The molecule has 0 saturated heterocycles. The van der Waals surface area contributed by atoms with E-state index in [-0.39, 0.29) is 11.6 Å². The number of likely N-dealkylation sites (N-methyl/N-ethyl adjacent to an activating group) is 1. The zero-order chi connectivity index (χ0) is 14.2. The summed E-state index contributed by atoms with van der Waals surface area (Å²) in [4.78, 5) is 2.49. The maximum atomic E-state index is 6.51. The maximum absolute atomic E-state index is 6.51. The van der Waals surface area contributed by atoms with Gasteiger partial charge in [0.05, 0.1) is 0 Å². The van der Waals surface area contributed by atoms with Crippen molar-refractivity contribution in [3.63, 3.8) is 0 Å². The summed E-state index contributed by atoms with van der Waals surface area (Å²) < 4.78 is 0. The van der Waals surface area contributed by atoms with Crippen molar-refractivity contribution in [3.8, 4) is 0 Å². The van der Waals surface area contributed by atoms with Gasteiger partial charge in [-0.2, -0.15) is 0 Å². The molecule has 0 bridgehead atoms. The summed E-state index contributed by atoms with van der Waals surface area (Å²) in [6.07, 6.45) is 6.42. The molecule has 0 fully saturated rings. The van der Waals surface area contributed by atoms with E-state index in [9.17, 15) is 0 Å². The van der Waals surface area contributed by atoms with Crippen LogP contribution in [0.3, 0.4) is 0 Å². The van der Waals surface area contributed by atoms with Crippen molar-refractivity contribution in [2.75, 3.05) is 13.1 Å². The van der Waals surface area contributed by atoms with Crippen molar-refractivity contribution in [3.05, 3.63) is 0 Å². The Hall–Kier alpha value is -0.0800. The van der Waals surface area contributed by atoms with E-state index >= 15 is 0 Å². The van der Waals surface area contributed by atoms with Gasteiger partial charge in [-0.3, -0.25) is 4.90 Å². The number of unbranched alkanes of at least 4 members (excludes halogenated alkanes) is 1. The Morgan fingerprint density at radius 2 is 1.61 bits per heavy atom. The highest BCUT2D eigenvalue weighted by Gasteiger charge is 2.32. The van der Waals surface area contributed by atoms with E-state index in [2.05, 4.69) is 46.4 Å². The Balaban J connectivity index is 4.46. The van der Waals surface area contributed by atoms with Crippen LogP contribution in [0.2, 0.25) is 0 Å². The lowest BCUT2D eigenvalue weighted by Crippen LogP contribution is -2.56. The van der Waals surface area contributed by atoms with Crippen LogP contribution in [0.1, 0.15) is 73.6 Å². The lowest BCUT2D eigenvalue weighted by Gasteiger charge is -2.43. The second-order valence-electron chi connectivity index (χ2n) is 6.08. The minimum atomic E-state index is 0.114. The molecule has 2 atom stereocenters. The molecule has 0 radical (unpaired) electrons. The standard InChI is InChI=1S/C16H36N2/c1-7-11-12-14(8-2)13-15(17)16(5,6)18(9-3)10-4/h14-15H,7-13,17H2,1-6H3. The molecule has 0 aliphatic heterocycles. The first-order valence-corrected chi connectivity index (χ1v) is 7.94. The molecule has 110 valence electrons. The summed E-state index contributed by atoms with van der Waals surface area (Å²) in [5.74, 6) is 0.801. The van der Waals surface area contributed by atoms with Crippen LogP contribution in [0.15, 0.2) is 0 Å². The molecule has 0 aromatic carbocycles. The van der Waals surface area contributed by atoms with Gasteiger partial charge in [-0.15, -0.1) is 0 Å². The van der Waals surface area contributed by atoms with Crippen molar-refractivity contribution in [1.82, 2.24) is 4.90 Å². The molecular formula is C16H36N2. The molecule has 0 aromatic rings. The summed E-state index contributed by atoms with van der Waals surface area (Å²) in [5.41, 5.74) is 6.62. The van der Waals surface area contributed by atoms with Crippen molar-refractivity contribution < 1.29 is 0 Å². The van der Waals surface area contributed by atoms with Crippen LogP contribution in [0.4, 0.5) is 0 Å². The predicted molar refractivity (Wildman–Crippen MR) is 82.9 cm³/mol. The molecule has 2 heteroatoms. The molecule has 2 N–H and O–H groups in total. The van der Waals surface area contributed by atoms with Gasteiger partial charge in [-0.1, -0.05) is 53.4 Å². The van der Waals surface area contributed by atoms with E-state index in [0.717, 1.165) is 19.0 Å². The molecule has 0 rings (SSSR count). The molecule has 18 heavy (non-hydrogen) atoms. The van der Waals surface area contributed by atoms with Gasteiger partial charge in [0.15, 0.2) is 0 Å². The second kappa shape index (κ2) is 8.92. The number of nitrogens with two attached hydrogens (primary N) is 1. The summed E-state index contributed by atoms with van der Waals surface area (Å²) in [7, 11) is 0. The zero-order valence-corrected chi connectivity index (χ0v) is 13.6. The van der Waals surface area contributed by atoms with Crippen molar-refractivity contribution in [2.45, 2.75) is 85.2 Å². The van der Waals surface area contributed by atoms with Crippen molar-refractivity contribution >= 4 is 0 Å². The Bertz CT molecular complexity index is 197. The van der Waals surface area contributed by atoms with Gasteiger partial charge in [0.25, 0.3) is 0 Å². The van der Waals surface area contributed by atoms with Gasteiger partial charge < -0.3 is 5.73 Å². The van der Waals surface area contributed by atoms with E-state index in [1.807, 2.05) is 0 Å². The molecule has 0 aliphatic rings. The largest absolute Gasteiger partial charge is 0.326 e. The first-order chi connectivity index (χ1) is 8.43. The molecule has 0 heterocycles. The highest BCUT2D eigenvalue weighted by molar-refractivity contribution is 4.92. The van der Waals surface area contributed by atoms with Gasteiger partial charge in [0, 0.05) is 11.6 Å². The lowest BCUT2D eigenvalue weighted by molar-refractivity contribution is 0.0947. The summed E-state index contributed by atoms with van der Waals surface area (Å²) >= 11 is 0. The molecule has 0 amide bonds. The van der Waals surface area contributed by atoms with Gasteiger partial charge in [-0.05, 0) is 39.3 Å². The van der Waals surface area contributed by atoms with E-state index < -0.39 is 0 Å². The lowest BCUT2D eigenvalue weighted by atomic mass is 9.83. The number of nitrogens with zero attached hydrogens (tertiary/aromatic N) is 1. The van der Waals surface area contributed by atoms with Crippen molar-refractivity contribution in [2.24, 2.45) is 11.7 Å². The van der Waals surface area contributed by atoms with E-state index in [1.54, 1.807) is 0 Å². The first kappa shape index (κ1) is 17.9. The second-order valence-corrected chi connectivity index (χ2v) is 6.08. The molecule has 2 unspecified atom stereocenters. The third kappa shape index (κ3) is 5.27. The Kier molecular flexibility index (Phi) is 8.89. The van der Waals surface area contributed by atoms with E-state index in [1.165, 1.54) is 32.1 Å². The fourth-order valence-electron chi connectivity index (χ4n) is 2.90. The highest BCUT2D eigenvalue weighted by Crippen LogP contribution is 2.26. The maximum Gasteiger partial charge on any atom is 0.0303 e. The van der Waals surface area contributed by atoms with E-state index in [4.69, 9.17) is 5.73 Å². The average Bonchev–Trinajstić information content (AvgIpc) is 2.35. The minimum absolute atomic E-state index is 0.114. The Labute approximate surface area is 115 Å². The van der Waals surface area contributed by atoms with Gasteiger partial charge in [0.1, 0.15) is 0 Å². The van der Waals surface area contributed by atoms with E-state index in [0.29, 0.717) is 0 Å². The average molecular weight is 256 g/mol. The topological polar surface area (TPSA) is 29.3 Å².